The van der Waals surface area contributed by atoms with E-state index in [0.29, 0.717) is 13.0 Å². The van der Waals surface area contributed by atoms with Gasteiger partial charge < -0.3 is 10.1 Å². The quantitative estimate of drug-likeness (QED) is 0.922. The highest BCUT2D eigenvalue weighted by atomic mass is 16.5. The maximum atomic E-state index is 12.2. The van der Waals surface area contributed by atoms with Crippen LogP contribution in [0.15, 0.2) is 24.3 Å². The van der Waals surface area contributed by atoms with Gasteiger partial charge in [-0.05, 0) is 37.0 Å². The molecule has 0 spiro atoms. The van der Waals surface area contributed by atoms with Crippen LogP contribution in [0, 0.1) is 0 Å². The summed E-state index contributed by atoms with van der Waals surface area (Å²) in [5.74, 6) is -0.155. The van der Waals surface area contributed by atoms with Crippen molar-refractivity contribution in [1.29, 1.82) is 0 Å². The van der Waals surface area contributed by atoms with Gasteiger partial charge in [0.25, 0.3) is 0 Å². The highest BCUT2D eigenvalue weighted by Crippen LogP contribution is 2.20. The smallest absolute Gasteiger partial charge is 0.410 e. The topological polar surface area (TPSA) is 58.6 Å². The molecule has 0 radical (unpaired) electrons. The van der Waals surface area contributed by atoms with Crippen LogP contribution in [0.5, 0.6) is 0 Å². The van der Waals surface area contributed by atoms with E-state index in [1.54, 1.807) is 0 Å². The zero-order valence-electron chi connectivity index (χ0n) is 11.9. The van der Waals surface area contributed by atoms with Crippen molar-refractivity contribution in [2.75, 3.05) is 19.0 Å². The molecule has 20 heavy (non-hydrogen) atoms. The van der Waals surface area contributed by atoms with Crippen LogP contribution < -0.4 is 5.32 Å². The molecule has 1 fully saturated rings. The number of hydrogen-bond donors (Lipinski definition) is 1. The number of carbonyl (C=O) groups excluding carboxylic acids is 2. The van der Waals surface area contributed by atoms with Crippen LogP contribution in [0.4, 0.5) is 10.5 Å². The number of aryl methyl sites for hydroxylation is 1. The SMILES string of the molecule is CCc1ccc(NC(=O)C2CCCN2C(=O)OC)cc1. The van der Waals surface area contributed by atoms with Gasteiger partial charge in [-0.3, -0.25) is 9.69 Å². The molecule has 5 nitrogen and oxygen atoms in total. The monoisotopic (exact) mass is 276 g/mol. The molecule has 1 aliphatic heterocycles. The molecule has 1 N–H and O–H groups in total. The first-order valence-corrected chi connectivity index (χ1v) is 6.90. The number of nitrogens with zero attached hydrogens (tertiary/aromatic N) is 1. The summed E-state index contributed by atoms with van der Waals surface area (Å²) in [5.41, 5.74) is 1.98. The first kappa shape index (κ1) is 14.4. The number of carbonyl (C=O) groups is 2. The number of likely N-dealkylation sites (tertiary alicyclic amines) is 1. The predicted molar refractivity (Wildman–Crippen MR) is 76.6 cm³/mol. The molecule has 0 aliphatic carbocycles. The summed E-state index contributed by atoms with van der Waals surface area (Å²) in [6.07, 6.45) is 2.02. The number of benzene rings is 1. The number of nitrogens with one attached hydrogen (secondary N) is 1. The average molecular weight is 276 g/mol. The van der Waals surface area contributed by atoms with E-state index >= 15 is 0 Å². The standard InChI is InChI=1S/C15H20N2O3/c1-3-11-6-8-12(9-7-11)16-14(18)13-5-4-10-17(13)15(19)20-2/h6-9,13H,3-5,10H2,1-2H3,(H,16,18). The first-order valence-electron chi connectivity index (χ1n) is 6.90. The second kappa shape index (κ2) is 6.41. The van der Waals surface area contributed by atoms with Gasteiger partial charge in [0.2, 0.25) is 5.91 Å². The molecule has 2 amide bonds. The van der Waals surface area contributed by atoms with Gasteiger partial charge in [-0.25, -0.2) is 4.79 Å². The minimum atomic E-state index is -0.441. The van der Waals surface area contributed by atoms with Crippen molar-refractivity contribution in [3.05, 3.63) is 29.8 Å². The zero-order chi connectivity index (χ0) is 14.5. The molecule has 0 bridgehead atoms. The Labute approximate surface area is 118 Å². The Morgan fingerprint density at radius 1 is 1.35 bits per heavy atom. The number of ether oxygens (including phenoxy) is 1. The molecule has 1 aromatic rings. The lowest BCUT2D eigenvalue weighted by Gasteiger charge is -2.22. The fourth-order valence-electron chi connectivity index (χ4n) is 2.42. The van der Waals surface area contributed by atoms with Crippen molar-refractivity contribution in [2.24, 2.45) is 0 Å². The minimum Gasteiger partial charge on any atom is -0.453 e. The number of methoxy groups -OCH3 is 1. The van der Waals surface area contributed by atoms with Gasteiger partial charge in [0, 0.05) is 12.2 Å². The Balaban J connectivity index is 2.01. The van der Waals surface area contributed by atoms with E-state index in [4.69, 9.17) is 4.74 Å². The molecule has 1 heterocycles. The first-order chi connectivity index (χ1) is 9.65. The van der Waals surface area contributed by atoms with Gasteiger partial charge in [0.15, 0.2) is 0 Å². The summed E-state index contributed by atoms with van der Waals surface area (Å²) < 4.78 is 4.70. The Hall–Kier alpha value is -2.04. The van der Waals surface area contributed by atoms with Crippen LogP contribution in [-0.2, 0) is 16.0 Å². The number of hydrogen-bond acceptors (Lipinski definition) is 3. The highest BCUT2D eigenvalue weighted by molar-refractivity contribution is 5.96. The van der Waals surface area contributed by atoms with Crippen molar-refractivity contribution < 1.29 is 14.3 Å². The zero-order valence-corrected chi connectivity index (χ0v) is 11.9. The normalized spacial score (nSPS) is 17.9. The van der Waals surface area contributed by atoms with Gasteiger partial charge in [-0.15, -0.1) is 0 Å². The van der Waals surface area contributed by atoms with Crippen molar-refractivity contribution >= 4 is 17.7 Å². The van der Waals surface area contributed by atoms with E-state index in [2.05, 4.69) is 12.2 Å². The van der Waals surface area contributed by atoms with Gasteiger partial charge >= 0.3 is 6.09 Å². The van der Waals surface area contributed by atoms with E-state index in [1.807, 2.05) is 24.3 Å². The summed E-state index contributed by atoms with van der Waals surface area (Å²) in [6, 6.07) is 7.31. The molecule has 0 saturated carbocycles. The van der Waals surface area contributed by atoms with E-state index in [-0.39, 0.29) is 5.91 Å². The summed E-state index contributed by atoms with van der Waals surface area (Å²) in [6.45, 7) is 2.65. The number of rotatable bonds is 3. The minimum absolute atomic E-state index is 0.155. The van der Waals surface area contributed by atoms with Crippen molar-refractivity contribution in [3.8, 4) is 0 Å². The average Bonchev–Trinajstić information content (AvgIpc) is 2.96. The van der Waals surface area contributed by atoms with Crippen LogP contribution in [0.1, 0.15) is 25.3 Å². The van der Waals surface area contributed by atoms with Crippen molar-refractivity contribution in [2.45, 2.75) is 32.2 Å². The van der Waals surface area contributed by atoms with Gasteiger partial charge in [0.05, 0.1) is 7.11 Å². The predicted octanol–water partition coefficient (Wildman–Crippen LogP) is 2.42. The molecule has 1 saturated heterocycles. The van der Waals surface area contributed by atoms with Crippen molar-refractivity contribution in [1.82, 2.24) is 4.90 Å². The molecular weight excluding hydrogens is 256 g/mol. The van der Waals surface area contributed by atoms with E-state index < -0.39 is 12.1 Å². The molecule has 2 rings (SSSR count). The maximum Gasteiger partial charge on any atom is 0.410 e. The fraction of sp³-hybridized carbons (Fsp3) is 0.467. The second-order valence-corrected chi connectivity index (χ2v) is 4.86. The van der Waals surface area contributed by atoms with Gasteiger partial charge in [-0.1, -0.05) is 19.1 Å². The van der Waals surface area contributed by atoms with Crippen molar-refractivity contribution in [3.63, 3.8) is 0 Å². The third-order valence-electron chi connectivity index (χ3n) is 3.59. The van der Waals surface area contributed by atoms with Crippen LogP contribution in [-0.4, -0.2) is 36.6 Å². The lowest BCUT2D eigenvalue weighted by Crippen LogP contribution is -2.43. The van der Waals surface area contributed by atoms with Crippen LogP contribution in [0.2, 0.25) is 0 Å². The van der Waals surface area contributed by atoms with Gasteiger partial charge in [0.1, 0.15) is 6.04 Å². The van der Waals surface area contributed by atoms with Crippen LogP contribution in [0.3, 0.4) is 0 Å². The van der Waals surface area contributed by atoms with Gasteiger partial charge in [-0.2, -0.15) is 0 Å². The number of amides is 2. The molecule has 1 unspecified atom stereocenters. The highest BCUT2D eigenvalue weighted by Gasteiger charge is 2.34. The summed E-state index contributed by atoms with van der Waals surface area (Å²) in [7, 11) is 1.33. The molecule has 108 valence electrons. The second-order valence-electron chi connectivity index (χ2n) is 4.86. The molecule has 0 aromatic heterocycles. The summed E-state index contributed by atoms with van der Waals surface area (Å²) in [5, 5.41) is 2.86. The summed E-state index contributed by atoms with van der Waals surface area (Å²) >= 11 is 0. The van der Waals surface area contributed by atoms with Crippen LogP contribution >= 0.6 is 0 Å². The number of anilines is 1. The molecule has 1 atom stereocenters. The Bertz CT molecular complexity index is 484. The van der Waals surface area contributed by atoms with E-state index in [0.717, 1.165) is 18.5 Å². The lowest BCUT2D eigenvalue weighted by molar-refractivity contribution is -0.119. The third kappa shape index (κ3) is 3.10. The largest absolute Gasteiger partial charge is 0.453 e. The van der Waals surface area contributed by atoms with E-state index in [9.17, 15) is 9.59 Å². The Morgan fingerprint density at radius 3 is 2.65 bits per heavy atom. The Kier molecular flexibility index (Phi) is 4.61. The summed E-state index contributed by atoms with van der Waals surface area (Å²) in [4.78, 5) is 25.3. The molecule has 1 aromatic carbocycles. The third-order valence-corrected chi connectivity index (χ3v) is 3.59. The van der Waals surface area contributed by atoms with E-state index in [1.165, 1.54) is 17.6 Å². The van der Waals surface area contributed by atoms with Crippen LogP contribution in [0.25, 0.3) is 0 Å². The molecule has 5 heteroatoms. The molecular formula is C15H20N2O3. The fourth-order valence-corrected chi connectivity index (χ4v) is 2.42. The maximum absolute atomic E-state index is 12.2. The molecule has 1 aliphatic rings. The Morgan fingerprint density at radius 2 is 2.05 bits per heavy atom. The lowest BCUT2D eigenvalue weighted by atomic mass is 10.1.